The van der Waals surface area contributed by atoms with Crippen molar-refractivity contribution in [2.24, 2.45) is 5.92 Å². The average molecular weight is 291 g/mol. The molecule has 2 rings (SSSR count). The third-order valence-corrected chi connectivity index (χ3v) is 3.65. The minimum absolute atomic E-state index is 0.0816. The molecule has 2 aromatic rings. The number of rotatable bonds is 4. The molecule has 0 amide bonds. The molecule has 0 aliphatic rings. The second kappa shape index (κ2) is 5.80. The molecule has 0 aliphatic heterocycles. The fourth-order valence-corrected chi connectivity index (χ4v) is 2.70. The standard InChI is InChI=1S/C18H26FNO/c1-11(2)9-20-10-14-15(18(4,5)6)13-8-7-12(3)16(19)17(13)21-14/h7-8,11,20H,9-10H2,1-6H3. The summed E-state index contributed by atoms with van der Waals surface area (Å²) in [4.78, 5) is 0. The quantitative estimate of drug-likeness (QED) is 0.864. The van der Waals surface area contributed by atoms with Crippen LogP contribution in [0.4, 0.5) is 4.39 Å². The van der Waals surface area contributed by atoms with Crippen LogP contribution in [0.15, 0.2) is 16.5 Å². The van der Waals surface area contributed by atoms with Crippen LogP contribution in [0.1, 0.15) is 51.5 Å². The Morgan fingerprint density at radius 2 is 1.90 bits per heavy atom. The van der Waals surface area contributed by atoms with Crippen molar-refractivity contribution < 1.29 is 8.81 Å². The molecular formula is C18H26FNO. The Bertz CT molecular complexity index is 635. The van der Waals surface area contributed by atoms with Gasteiger partial charge in [-0.3, -0.25) is 0 Å². The highest BCUT2D eigenvalue weighted by Gasteiger charge is 2.26. The van der Waals surface area contributed by atoms with E-state index in [0.29, 0.717) is 23.6 Å². The predicted octanol–water partition coefficient (Wildman–Crippen LogP) is 4.92. The van der Waals surface area contributed by atoms with Crippen LogP contribution in [0.3, 0.4) is 0 Å². The third kappa shape index (κ3) is 3.29. The van der Waals surface area contributed by atoms with Crippen molar-refractivity contribution in [3.63, 3.8) is 0 Å². The summed E-state index contributed by atoms with van der Waals surface area (Å²) in [6.07, 6.45) is 0. The number of benzene rings is 1. The van der Waals surface area contributed by atoms with Crippen LogP contribution in [0.5, 0.6) is 0 Å². The van der Waals surface area contributed by atoms with Crippen molar-refractivity contribution in [1.29, 1.82) is 0 Å². The lowest BCUT2D eigenvalue weighted by Gasteiger charge is -2.19. The van der Waals surface area contributed by atoms with E-state index in [1.165, 1.54) is 0 Å². The zero-order chi connectivity index (χ0) is 15.8. The van der Waals surface area contributed by atoms with Crippen LogP contribution in [0.25, 0.3) is 11.0 Å². The van der Waals surface area contributed by atoms with E-state index in [2.05, 4.69) is 39.9 Å². The van der Waals surface area contributed by atoms with Gasteiger partial charge in [0.05, 0.1) is 6.54 Å². The third-order valence-electron chi connectivity index (χ3n) is 3.65. The van der Waals surface area contributed by atoms with Gasteiger partial charge in [0.15, 0.2) is 11.4 Å². The lowest BCUT2D eigenvalue weighted by Crippen LogP contribution is -2.21. The Balaban J connectivity index is 2.50. The highest BCUT2D eigenvalue weighted by atomic mass is 19.1. The molecular weight excluding hydrogens is 265 g/mol. The first-order valence-corrected chi connectivity index (χ1v) is 7.63. The molecule has 1 heterocycles. The van der Waals surface area contributed by atoms with E-state index in [4.69, 9.17) is 4.42 Å². The Labute approximate surface area is 126 Å². The van der Waals surface area contributed by atoms with E-state index >= 15 is 0 Å². The molecule has 0 radical (unpaired) electrons. The summed E-state index contributed by atoms with van der Waals surface area (Å²) < 4.78 is 20.2. The number of hydrogen-bond acceptors (Lipinski definition) is 2. The van der Waals surface area contributed by atoms with Crippen LogP contribution in [0.2, 0.25) is 0 Å². The number of furan rings is 1. The van der Waals surface area contributed by atoms with Gasteiger partial charge in [0.1, 0.15) is 5.76 Å². The Morgan fingerprint density at radius 1 is 1.24 bits per heavy atom. The zero-order valence-electron chi connectivity index (χ0n) is 13.9. The first-order chi connectivity index (χ1) is 9.71. The molecule has 0 fully saturated rings. The molecule has 0 unspecified atom stereocenters. The minimum Gasteiger partial charge on any atom is -0.456 e. The molecule has 3 heteroatoms. The molecule has 0 saturated carbocycles. The van der Waals surface area contributed by atoms with Gasteiger partial charge in [-0.25, -0.2) is 4.39 Å². The van der Waals surface area contributed by atoms with Crippen LogP contribution in [-0.4, -0.2) is 6.54 Å². The zero-order valence-corrected chi connectivity index (χ0v) is 13.9. The van der Waals surface area contributed by atoms with E-state index in [1.54, 1.807) is 6.92 Å². The molecule has 2 nitrogen and oxygen atoms in total. The Hall–Kier alpha value is -1.35. The van der Waals surface area contributed by atoms with E-state index in [9.17, 15) is 4.39 Å². The highest BCUT2D eigenvalue weighted by molar-refractivity contribution is 5.84. The SMILES string of the molecule is Cc1ccc2c(C(C)(C)C)c(CNCC(C)C)oc2c1F. The van der Waals surface area contributed by atoms with Crippen molar-refractivity contribution >= 4 is 11.0 Å². The number of fused-ring (bicyclic) bond motifs is 1. The Morgan fingerprint density at radius 3 is 2.48 bits per heavy atom. The minimum atomic E-state index is -0.242. The lowest BCUT2D eigenvalue weighted by molar-refractivity contribution is 0.456. The second-order valence-electron chi connectivity index (χ2n) is 7.25. The molecule has 1 aromatic heterocycles. The van der Waals surface area contributed by atoms with Crippen LogP contribution < -0.4 is 5.32 Å². The van der Waals surface area contributed by atoms with Gasteiger partial charge < -0.3 is 9.73 Å². The second-order valence-corrected chi connectivity index (χ2v) is 7.25. The van der Waals surface area contributed by atoms with Crippen molar-refractivity contribution in [2.45, 2.75) is 53.5 Å². The normalized spacial score (nSPS) is 12.6. The summed E-state index contributed by atoms with van der Waals surface area (Å²) in [6.45, 7) is 14.1. The predicted molar refractivity (Wildman–Crippen MR) is 86.2 cm³/mol. The monoisotopic (exact) mass is 291 g/mol. The summed E-state index contributed by atoms with van der Waals surface area (Å²) >= 11 is 0. The van der Waals surface area contributed by atoms with Crippen molar-refractivity contribution in [1.82, 2.24) is 5.32 Å². The maximum absolute atomic E-state index is 14.3. The van der Waals surface area contributed by atoms with Crippen LogP contribution in [0, 0.1) is 18.7 Å². The van der Waals surface area contributed by atoms with E-state index in [0.717, 1.165) is 23.3 Å². The van der Waals surface area contributed by atoms with E-state index < -0.39 is 0 Å². The summed E-state index contributed by atoms with van der Waals surface area (Å²) in [7, 11) is 0. The summed E-state index contributed by atoms with van der Waals surface area (Å²) in [6, 6.07) is 3.80. The largest absolute Gasteiger partial charge is 0.456 e. The smallest absolute Gasteiger partial charge is 0.170 e. The van der Waals surface area contributed by atoms with Crippen molar-refractivity contribution in [2.75, 3.05) is 6.54 Å². The van der Waals surface area contributed by atoms with E-state index in [-0.39, 0.29) is 11.2 Å². The van der Waals surface area contributed by atoms with Gasteiger partial charge >= 0.3 is 0 Å². The topological polar surface area (TPSA) is 25.2 Å². The van der Waals surface area contributed by atoms with Gasteiger partial charge in [0, 0.05) is 10.9 Å². The number of hydrogen-bond donors (Lipinski definition) is 1. The first kappa shape index (κ1) is 16.0. The number of aryl methyl sites for hydroxylation is 1. The van der Waals surface area contributed by atoms with Crippen molar-refractivity contribution in [3.8, 4) is 0 Å². The lowest BCUT2D eigenvalue weighted by atomic mass is 9.84. The van der Waals surface area contributed by atoms with Crippen LogP contribution >= 0.6 is 0 Å². The number of halogens is 1. The van der Waals surface area contributed by atoms with Gasteiger partial charge in [-0.1, -0.05) is 46.8 Å². The van der Waals surface area contributed by atoms with E-state index in [1.807, 2.05) is 12.1 Å². The molecule has 0 atom stereocenters. The summed E-state index contributed by atoms with van der Waals surface area (Å²) in [5, 5.41) is 4.29. The summed E-state index contributed by atoms with van der Waals surface area (Å²) in [5.74, 6) is 1.18. The highest BCUT2D eigenvalue weighted by Crippen LogP contribution is 2.37. The number of nitrogens with one attached hydrogen (secondary N) is 1. The van der Waals surface area contributed by atoms with Gasteiger partial charge in [0.25, 0.3) is 0 Å². The molecule has 0 spiro atoms. The van der Waals surface area contributed by atoms with Crippen molar-refractivity contribution in [3.05, 3.63) is 34.8 Å². The average Bonchev–Trinajstić information content (AvgIpc) is 2.72. The first-order valence-electron chi connectivity index (χ1n) is 7.63. The van der Waals surface area contributed by atoms with Gasteiger partial charge in [-0.05, 0) is 30.4 Å². The fourth-order valence-electron chi connectivity index (χ4n) is 2.70. The van der Waals surface area contributed by atoms with Gasteiger partial charge in [-0.15, -0.1) is 0 Å². The van der Waals surface area contributed by atoms with Crippen LogP contribution in [-0.2, 0) is 12.0 Å². The molecule has 1 N–H and O–H groups in total. The maximum Gasteiger partial charge on any atom is 0.170 e. The van der Waals surface area contributed by atoms with Gasteiger partial charge in [0.2, 0.25) is 0 Å². The molecule has 1 aromatic carbocycles. The molecule has 0 saturated heterocycles. The Kier molecular flexibility index (Phi) is 4.43. The molecule has 116 valence electrons. The fraction of sp³-hybridized carbons (Fsp3) is 0.556. The molecule has 21 heavy (non-hydrogen) atoms. The molecule has 0 aliphatic carbocycles. The van der Waals surface area contributed by atoms with Gasteiger partial charge in [-0.2, -0.15) is 0 Å². The molecule has 0 bridgehead atoms. The summed E-state index contributed by atoms with van der Waals surface area (Å²) in [5.41, 5.74) is 2.04. The maximum atomic E-state index is 14.3.